The Labute approximate surface area is 288 Å². The van der Waals surface area contributed by atoms with Crippen LogP contribution in [0.2, 0.25) is 0 Å². The largest absolute Gasteiger partial charge is 0.310 e. The predicted octanol–water partition coefficient (Wildman–Crippen LogP) is 11.5. The molecular formula is C45H25N5. The number of hydrogen-bond donors (Lipinski definition) is 0. The van der Waals surface area contributed by atoms with Gasteiger partial charge in [-0.05, 0) is 77.4 Å². The minimum atomic E-state index is 0.562. The number of nitrogens with zero attached hydrogens (tertiary/aromatic N) is 5. The van der Waals surface area contributed by atoms with Gasteiger partial charge < -0.3 is 9.13 Å². The van der Waals surface area contributed by atoms with Crippen LogP contribution in [-0.2, 0) is 0 Å². The van der Waals surface area contributed by atoms with Crippen molar-refractivity contribution in [2.45, 2.75) is 0 Å². The van der Waals surface area contributed by atoms with Crippen molar-refractivity contribution in [2.75, 3.05) is 0 Å². The summed E-state index contributed by atoms with van der Waals surface area (Å²) in [6.07, 6.45) is 0. The summed E-state index contributed by atoms with van der Waals surface area (Å²) in [6.45, 7) is 7.68. The number of benzene rings is 7. The van der Waals surface area contributed by atoms with Gasteiger partial charge in [0.1, 0.15) is 6.07 Å². The molecule has 0 fully saturated rings. The van der Waals surface area contributed by atoms with E-state index in [1.54, 1.807) is 0 Å². The van der Waals surface area contributed by atoms with E-state index in [0.29, 0.717) is 16.8 Å². The van der Waals surface area contributed by atoms with Gasteiger partial charge in [0, 0.05) is 32.6 Å². The van der Waals surface area contributed by atoms with Crippen LogP contribution in [0.4, 0.5) is 5.69 Å². The van der Waals surface area contributed by atoms with Crippen LogP contribution in [0, 0.1) is 29.2 Å². The Bertz CT molecular complexity index is 2970. The third-order valence-electron chi connectivity index (χ3n) is 9.60. The Morgan fingerprint density at radius 2 is 1.12 bits per heavy atom. The van der Waals surface area contributed by atoms with Crippen LogP contribution in [0.5, 0.6) is 0 Å². The Morgan fingerprint density at radius 3 is 1.90 bits per heavy atom. The fourth-order valence-corrected chi connectivity index (χ4v) is 7.36. The van der Waals surface area contributed by atoms with Crippen molar-refractivity contribution in [3.63, 3.8) is 0 Å². The van der Waals surface area contributed by atoms with Gasteiger partial charge in [-0.2, -0.15) is 10.5 Å². The lowest BCUT2D eigenvalue weighted by molar-refractivity contribution is 1.17. The van der Waals surface area contributed by atoms with Crippen molar-refractivity contribution < 1.29 is 0 Å². The second-order valence-electron chi connectivity index (χ2n) is 12.3. The topological polar surface area (TPSA) is 61.8 Å². The lowest BCUT2D eigenvalue weighted by Gasteiger charge is -2.16. The molecule has 2 aromatic heterocycles. The van der Waals surface area contributed by atoms with Crippen molar-refractivity contribution in [1.29, 1.82) is 10.5 Å². The van der Waals surface area contributed by atoms with Gasteiger partial charge in [-0.25, -0.2) is 4.85 Å². The van der Waals surface area contributed by atoms with E-state index < -0.39 is 0 Å². The summed E-state index contributed by atoms with van der Waals surface area (Å²) in [5.74, 6) is 0. The number of para-hydroxylation sites is 3. The van der Waals surface area contributed by atoms with Crippen LogP contribution in [0.1, 0.15) is 11.1 Å². The Balaban J connectivity index is 1.23. The van der Waals surface area contributed by atoms with Gasteiger partial charge in [0.15, 0.2) is 5.69 Å². The van der Waals surface area contributed by atoms with Crippen molar-refractivity contribution in [1.82, 2.24) is 9.13 Å². The van der Waals surface area contributed by atoms with E-state index in [9.17, 15) is 10.5 Å². The average Bonchev–Trinajstić information content (AvgIpc) is 3.69. The number of rotatable bonds is 4. The molecular weight excluding hydrogens is 611 g/mol. The van der Waals surface area contributed by atoms with E-state index in [0.717, 1.165) is 77.2 Å². The Morgan fingerprint density at radius 1 is 0.460 bits per heavy atom. The molecule has 0 aliphatic carbocycles. The van der Waals surface area contributed by atoms with Crippen molar-refractivity contribution >= 4 is 49.3 Å². The van der Waals surface area contributed by atoms with E-state index >= 15 is 0 Å². The molecule has 0 spiro atoms. The first-order valence-electron chi connectivity index (χ1n) is 16.3. The molecule has 50 heavy (non-hydrogen) atoms. The van der Waals surface area contributed by atoms with Crippen LogP contribution in [-0.4, -0.2) is 9.13 Å². The standard InChI is InChI=1S/C45H25N5/c1-48-34-20-21-38-36-12-3-6-15-41(36)50(45(38)26-34)40-14-5-2-11-35(40)32-10-8-9-30(24-32)31-18-19-33(28-47)44(25-31)49-42-16-7-4-13-37(42)39-23-29(27-46)17-22-43(39)49/h2-26H. The van der Waals surface area contributed by atoms with Crippen molar-refractivity contribution in [3.8, 4) is 45.8 Å². The van der Waals surface area contributed by atoms with E-state index in [-0.39, 0.29) is 0 Å². The number of aromatic nitrogens is 2. The number of fused-ring (bicyclic) bond motifs is 6. The molecule has 0 aliphatic rings. The molecule has 5 heteroatoms. The van der Waals surface area contributed by atoms with Crippen LogP contribution in [0.25, 0.3) is 82.1 Å². The molecule has 230 valence electrons. The molecule has 0 amide bonds. The first-order chi connectivity index (χ1) is 24.7. The molecule has 9 rings (SSSR count). The quantitative estimate of drug-likeness (QED) is 0.181. The summed E-state index contributed by atoms with van der Waals surface area (Å²) in [6, 6.07) is 55.7. The Hall–Kier alpha value is -7.39. The highest BCUT2D eigenvalue weighted by Crippen LogP contribution is 2.39. The van der Waals surface area contributed by atoms with Crippen LogP contribution >= 0.6 is 0 Å². The van der Waals surface area contributed by atoms with Crippen LogP contribution < -0.4 is 0 Å². The molecule has 0 radical (unpaired) electrons. The maximum atomic E-state index is 10.3. The molecule has 0 N–H and O–H groups in total. The lowest BCUT2D eigenvalue weighted by atomic mass is 9.96. The van der Waals surface area contributed by atoms with Crippen molar-refractivity contribution in [2.24, 2.45) is 0 Å². The Kier molecular flexibility index (Phi) is 6.56. The van der Waals surface area contributed by atoms with Gasteiger partial charge in [-0.3, -0.25) is 0 Å². The highest BCUT2D eigenvalue weighted by atomic mass is 15.0. The van der Waals surface area contributed by atoms with Crippen LogP contribution in [0.15, 0.2) is 152 Å². The predicted molar refractivity (Wildman–Crippen MR) is 202 cm³/mol. The summed E-state index contributed by atoms with van der Waals surface area (Å²) in [4.78, 5) is 3.73. The maximum Gasteiger partial charge on any atom is 0.189 e. The van der Waals surface area contributed by atoms with Gasteiger partial charge in [0.25, 0.3) is 0 Å². The summed E-state index contributed by atoms with van der Waals surface area (Å²) >= 11 is 0. The second-order valence-corrected chi connectivity index (χ2v) is 12.3. The fraction of sp³-hybridized carbons (Fsp3) is 0. The molecule has 9 aromatic rings. The summed E-state index contributed by atoms with van der Waals surface area (Å²) in [5, 5.41) is 24.1. The number of hydrogen-bond acceptors (Lipinski definition) is 2. The molecule has 0 bridgehead atoms. The third kappa shape index (κ3) is 4.38. The van der Waals surface area contributed by atoms with Gasteiger partial charge in [-0.15, -0.1) is 0 Å². The molecule has 2 heterocycles. The van der Waals surface area contributed by atoms with E-state index in [4.69, 9.17) is 6.57 Å². The van der Waals surface area contributed by atoms with Crippen molar-refractivity contribution in [3.05, 3.63) is 174 Å². The molecule has 0 saturated heterocycles. The highest BCUT2D eigenvalue weighted by Gasteiger charge is 2.18. The van der Waals surface area contributed by atoms with E-state index in [1.165, 1.54) is 0 Å². The zero-order valence-electron chi connectivity index (χ0n) is 26.7. The SMILES string of the molecule is [C-]#[N+]c1ccc2c3ccccc3n(-c3ccccc3-c3cccc(-c4ccc(C#N)c(-n5c6ccccc6c6cc(C#N)ccc65)c4)c3)c2c1. The molecule has 0 atom stereocenters. The summed E-state index contributed by atoms with van der Waals surface area (Å²) < 4.78 is 4.40. The molecule has 0 unspecified atom stereocenters. The lowest BCUT2D eigenvalue weighted by Crippen LogP contribution is -1.99. The minimum Gasteiger partial charge on any atom is -0.310 e. The second kappa shape index (κ2) is 11.4. The zero-order valence-corrected chi connectivity index (χ0v) is 26.7. The molecule has 5 nitrogen and oxygen atoms in total. The monoisotopic (exact) mass is 635 g/mol. The maximum absolute atomic E-state index is 10.3. The van der Waals surface area contributed by atoms with E-state index in [1.807, 2.05) is 60.7 Å². The van der Waals surface area contributed by atoms with Crippen LogP contribution in [0.3, 0.4) is 0 Å². The average molecular weight is 636 g/mol. The summed E-state index contributed by atoms with van der Waals surface area (Å²) in [5.41, 5.74) is 11.7. The normalized spacial score (nSPS) is 11.1. The molecule has 7 aromatic carbocycles. The molecule has 0 saturated carbocycles. The minimum absolute atomic E-state index is 0.562. The number of nitriles is 2. The van der Waals surface area contributed by atoms with Gasteiger partial charge in [-0.1, -0.05) is 91.0 Å². The third-order valence-corrected chi connectivity index (χ3v) is 9.60. The molecule has 0 aliphatic heterocycles. The summed E-state index contributed by atoms with van der Waals surface area (Å²) in [7, 11) is 0. The first-order valence-corrected chi connectivity index (χ1v) is 16.3. The first kappa shape index (κ1) is 28.8. The van der Waals surface area contributed by atoms with Gasteiger partial charge in [0.05, 0.1) is 51.7 Å². The zero-order chi connectivity index (χ0) is 33.8. The van der Waals surface area contributed by atoms with Gasteiger partial charge in [0.2, 0.25) is 0 Å². The smallest absolute Gasteiger partial charge is 0.189 e. The van der Waals surface area contributed by atoms with E-state index in [2.05, 4.69) is 117 Å². The highest BCUT2D eigenvalue weighted by molar-refractivity contribution is 6.11. The fourth-order valence-electron chi connectivity index (χ4n) is 7.36. The van der Waals surface area contributed by atoms with Gasteiger partial charge >= 0.3 is 0 Å².